The standard InChI is InChI=1S/C15H20N2O5S/c1-23(19,20)16-8-11-3-2-6-17(9-11)15(18)12-4-5-13-14(7-12)22-10-21-13/h4-5,7,11,16H,2-3,6,8-10H2,1H3/t11-/m0/s1. The van der Waals surface area contributed by atoms with Crippen LogP contribution in [0.15, 0.2) is 18.2 Å². The highest BCUT2D eigenvalue weighted by atomic mass is 32.2. The van der Waals surface area contributed by atoms with Gasteiger partial charge in [-0.15, -0.1) is 0 Å². The van der Waals surface area contributed by atoms with Crippen molar-refractivity contribution in [3.8, 4) is 11.5 Å². The summed E-state index contributed by atoms with van der Waals surface area (Å²) in [5.41, 5.74) is 0.561. The van der Waals surface area contributed by atoms with Crippen molar-refractivity contribution in [2.24, 2.45) is 5.92 Å². The second kappa shape index (κ2) is 6.37. The fourth-order valence-electron chi connectivity index (χ4n) is 2.90. The number of rotatable bonds is 4. The first-order chi connectivity index (χ1) is 10.9. The molecule has 2 heterocycles. The molecular formula is C15H20N2O5S. The molecule has 1 aromatic rings. The van der Waals surface area contributed by atoms with Crippen LogP contribution in [0.25, 0.3) is 0 Å². The van der Waals surface area contributed by atoms with Gasteiger partial charge in [0.1, 0.15) is 0 Å². The van der Waals surface area contributed by atoms with E-state index in [1.54, 1.807) is 23.1 Å². The number of hydrogen-bond acceptors (Lipinski definition) is 5. The van der Waals surface area contributed by atoms with Crippen LogP contribution < -0.4 is 14.2 Å². The zero-order chi connectivity index (χ0) is 16.4. The maximum atomic E-state index is 12.6. The molecule has 1 atom stereocenters. The third-order valence-electron chi connectivity index (χ3n) is 4.06. The summed E-state index contributed by atoms with van der Waals surface area (Å²) in [4.78, 5) is 14.4. The average molecular weight is 340 g/mol. The van der Waals surface area contributed by atoms with Crippen molar-refractivity contribution in [1.29, 1.82) is 0 Å². The third-order valence-corrected chi connectivity index (χ3v) is 4.75. The number of amides is 1. The van der Waals surface area contributed by atoms with Crippen molar-refractivity contribution < 1.29 is 22.7 Å². The summed E-state index contributed by atoms with van der Waals surface area (Å²) in [6.07, 6.45) is 2.92. The zero-order valence-corrected chi connectivity index (χ0v) is 13.8. The van der Waals surface area contributed by atoms with Crippen LogP contribution in [0.5, 0.6) is 11.5 Å². The molecule has 1 fully saturated rings. The lowest BCUT2D eigenvalue weighted by Crippen LogP contribution is -2.43. The van der Waals surface area contributed by atoms with E-state index in [1.807, 2.05) is 0 Å². The highest BCUT2D eigenvalue weighted by molar-refractivity contribution is 7.88. The Bertz CT molecular complexity index is 704. The molecule has 0 spiro atoms. The summed E-state index contributed by atoms with van der Waals surface area (Å²) in [7, 11) is -3.20. The molecule has 0 unspecified atom stereocenters. The molecule has 0 aliphatic carbocycles. The van der Waals surface area contributed by atoms with Gasteiger partial charge in [0.05, 0.1) is 6.26 Å². The van der Waals surface area contributed by atoms with Gasteiger partial charge in [0.25, 0.3) is 5.91 Å². The number of piperidine rings is 1. The minimum atomic E-state index is -3.20. The number of hydrogen-bond donors (Lipinski definition) is 1. The van der Waals surface area contributed by atoms with Gasteiger partial charge in [-0.05, 0) is 37.0 Å². The summed E-state index contributed by atoms with van der Waals surface area (Å²) in [6, 6.07) is 5.17. The monoisotopic (exact) mass is 340 g/mol. The molecule has 8 heteroatoms. The lowest BCUT2D eigenvalue weighted by molar-refractivity contribution is 0.0676. The van der Waals surface area contributed by atoms with Crippen LogP contribution >= 0.6 is 0 Å². The summed E-state index contributed by atoms with van der Waals surface area (Å²) in [6.45, 7) is 1.78. The number of benzene rings is 1. The second-order valence-corrected chi connectivity index (χ2v) is 7.78. The molecule has 3 rings (SSSR count). The molecule has 126 valence electrons. The fourth-order valence-corrected chi connectivity index (χ4v) is 3.44. The van der Waals surface area contributed by atoms with Crippen LogP contribution in [-0.4, -0.2) is 51.9 Å². The smallest absolute Gasteiger partial charge is 0.254 e. The summed E-state index contributed by atoms with van der Waals surface area (Å²) < 4.78 is 35.5. The molecule has 0 saturated carbocycles. The van der Waals surface area contributed by atoms with Gasteiger partial charge in [-0.3, -0.25) is 4.79 Å². The molecule has 1 amide bonds. The van der Waals surface area contributed by atoms with Gasteiger partial charge in [0, 0.05) is 25.2 Å². The molecule has 1 saturated heterocycles. The Balaban J connectivity index is 1.65. The van der Waals surface area contributed by atoms with E-state index >= 15 is 0 Å². The number of likely N-dealkylation sites (tertiary alicyclic amines) is 1. The Hall–Kier alpha value is -1.80. The number of ether oxygens (including phenoxy) is 2. The van der Waals surface area contributed by atoms with E-state index in [2.05, 4.69) is 4.72 Å². The molecule has 0 radical (unpaired) electrons. The Kier molecular flexibility index (Phi) is 4.45. The van der Waals surface area contributed by atoms with Crippen LogP contribution in [0.1, 0.15) is 23.2 Å². The molecule has 0 aromatic heterocycles. The van der Waals surface area contributed by atoms with Gasteiger partial charge in [-0.1, -0.05) is 0 Å². The topological polar surface area (TPSA) is 84.9 Å². The lowest BCUT2D eigenvalue weighted by Gasteiger charge is -2.32. The van der Waals surface area contributed by atoms with E-state index in [-0.39, 0.29) is 18.6 Å². The van der Waals surface area contributed by atoms with Crippen molar-refractivity contribution in [3.05, 3.63) is 23.8 Å². The van der Waals surface area contributed by atoms with Crippen LogP contribution in [-0.2, 0) is 10.0 Å². The number of carbonyl (C=O) groups excluding carboxylic acids is 1. The Morgan fingerprint density at radius 1 is 1.35 bits per heavy atom. The van der Waals surface area contributed by atoms with E-state index < -0.39 is 10.0 Å². The highest BCUT2D eigenvalue weighted by Crippen LogP contribution is 2.33. The largest absolute Gasteiger partial charge is 0.454 e. The number of sulfonamides is 1. The van der Waals surface area contributed by atoms with Crippen molar-refractivity contribution >= 4 is 15.9 Å². The van der Waals surface area contributed by atoms with Crippen molar-refractivity contribution in [2.45, 2.75) is 12.8 Å². The molecular weight excluding hydrogens is 320 g/mol. The Morgan fingerprint density at radius 3 is 2.91 bits per heavy atom. The molecule has 7 nitrogen and oxygen atoms in total. The highest BCUT2D eigenvalue weighted by Gasteiger charge is 2.26. The van der Waals surface area contributed by atoms with Gasteiger partial charge < -0.3 is 14.4 Å². The number of carbonyl (C=O) groups is 1. The van der Waals surface area contributed by atoms with E-state index in [1.165, 1.54) is 0 Å². The first-order valence-electron chi connectivity index (χ1n) is 7.56. The van der Waals surface area contributed by atoms with Crippen molar-refractivity contribution in [1.82, 2.24) is 9.62 Å². The Labute approximate surface area is 135 Å². The molecule has 2 aliphatic heterocycles. The second-order valence-electron chi connectivity index (χ2n) is 5.95. The third kappa shape index (κ3) is 3.94. The molecule has 1 N–H and O–H groups in total. The van der Waals surface area contributed by atoms with Crippen LogP contribution in [0.2, 0.25) is 0 Å². The Morgan fingerprint density at radius 2 is 2.13 bits per heavy atom. The first kappa shape index (κ1) is 16.1. The van der Waals surface area contributed by atoms with Gasteiger partial charge in [-0.25, -0.2) is 13.1 Å². The lowest BCUT2D eigenvalue weighted by atomic mass is 9.97. The quantitative estimate of drug-likeness (QED) is 0.877. The number of nitrogens with zero attached hydrogens (tertiary/aromatic N) is 1. The SMILES string of the molecule is CS(=O)(=O)NC[C@@H]1CCCN(C(=O)c2ccc3c(c2)OCO3)C1. The van der Waals surface area contributed by atoms with Gasteiger partial charge in [0.2, 0.25) is 16.8 Å². The van der Waals surface area contributed by atoms with E-state index in [9.17, 15) is 13.2 Å². The van der Waals surface area contributed by atoms with E-state index in [4.69, 9.17) is 9.47 Å². The van der Waals surface area contributed by atoms with E-state index in [0.717, 1.165) is 19.1 Å². The number of nitrogens with one attached hydrogen (secondary N) is 1. The van der Waals surface area contributed by atoms with Crippen molar-refractivity contribution in [2.75, 3.05) is 32.7 Å². The predicted molar refractivity (Wildman–Crippen MR) is 84.0 cm³/mol. The fraction of sp³-hybridized carbons (Fsp3) is 0.533. The van der Waals surface area contributed by atoms with E-state index in [0.29, 0.717) is 36.7 Å². The molecule has 23 heavy (non-hydrogen) atoms. The molecule has 1 aromatic carbocycles. The van der Waals surface area contributed by atoms with Crippen LogP contribution in [0.3, 0.4) is 0 Å². The van der Waals surface area contributed by atoms with Gasteiger partial charge >= 0.3 is 0 Å². The average Bonchev–Trinajstić information content (AvgIpc) is 2.99. The summed E-state index contributed by atoms with van der Waals surface area (Å²) >= 11 is 0. The summed E-state index contributed by atoms with van der Waals surface area (Å²) in [5.74, 6) is 1.31. The zero-order valence-electron chi connectivity index (χ0n) is 12.9. The normalized spacial score (nSPS) is 20.6. The number of fused-ring (bicyclic) bond motifs is 1. The van der Waals surface area contributed by atoms with Crippen LogP contribution in [0.4, 0.5) is 0 Å². The molecule has 0 bridgehead atoms. The maximum absolute atomic E-state index is 12.6. The minimum Gasteiger partial charge on any atom is -0.454 e. The van der Waals surface area contributed by atoms with Crippen molar-refractivity contribution in [3.63, 3.8) is 0 Å². The minimum absolute atomic E-state index is 0.0626. The summed E-state index contributed by atoms with van der Waals surface area (Å²) in [5, 5.41) is 0. The predicted octanol–water partition coefficient (Wildman–Crippen LogP) is 0.817. The van der Waals surface area contributed by atoms with Crippen LogP contribution in [0, 0.1) is 5.92 Å². The first-order valence-corrected chi connectivity index (χ1v) is 9.45. The molecule has 2 aliphatic rings. The maximum Gasteiger partial charge on any atom is 0.254 e. The van der Waals surface area contributed by atoms with Gasteiger partial charge in [0.15, 0.2) is 11.5 Å². The van der Waals surface area contributed by atoms with Gasteiger partial charge in [-0.2, -0.15) is 0 Å².